The van der Waals surface area contributed by atoms with Crippen LogP contribution in [0.2, 0.25) is 10.0 Å². The van der Waals surface area contributed by atoms with Crippen LogP contribution in [0, 0.1) is 17.0 Å². The molecule has 5 rings (SSSR count). The van der Waals surface area contributed by atoms with Crippen molar-refractivity contribution in [1.82, 2.24) is 5.32 Å². The lowest BCUT2D eigenvalue weighted by Crippen LogP contribution is -2.76. The summed E-state index contributed by atoms with van der Waals surface area (Å²) in [7, 11) is 0. The van der Waals surface area contributed by atoms with Crippen molar-refractivity contribution in [2.75, 3.05) is 18.5 Å². The van der Waals surface area contributed by atoms with Crippen molar-refractivity contribution >= 4 is 40.9 Å². The van der Waals surface area contributed by atoms with Crippen molar-refractivity contribution in [2.24, 2.45) is 5.41 Å². The number of nitrogens with one attached hydrogen (secondary N) is 2. The van der Waals surface area contributed by atoms with Gasteiger partial charge in [-0.15, -0.1) is 0 Å². The summed E-state index contributed by atoms with van der Waals surface area (Å²) in [6.45, 7) is -0.0422. The third kappa shape index (κ3) is 4.70. The smallest absolute Gasteiger partial charge is 0.411 e. The lowest BCUT2D eigenvalue weighted by molar-refractivity contribution is -0.183. The van der Waals surface area contributed by atoms with Crippen molar-refractivity contribution in [2.45, 2.75) is 24.8 Å². The number of anilines is 1. The molecule has 0 heterocycles. The molecule has 6 nitrogen and oxygen atoms in total. The van der Waals surface area contributed by atoms with Gasteiger partial charge in [-0.2, -0.15) is 0 Å². The Balaban J connectivity index is 1.17. The molecule has 2 aromatic rings. The van der Waals surface area contributed by atoms with Crippen molar-refractivity contribution in [3.8, 4) is 5.75 Å². The van der Waals surface area contributed by atoms with Crippen LogP contribution in [0.5, 0.6) is 5.75 Å². The predicted octanol–water partition coefficient (Wildman–Crippen LogP) is 4.94. The second-order valence-corrected chi connectivity index (χ2v) is 8.87. The molecule has 2 amide bonds. The standard InChI is InChI=1S/C21H18Cl2F2N2O4/c22-14-3-1-12(5-16(14)24)26-19(29)31-11-20-8-21(9-20,10-20)27-18(28)7-30-13-2-4-15(23)17(25)6-13/h1-6H,7-11H2,(H,26,29)(H,27,28). The quantitative estimate of drug-likeness (QED) is 0.600. The van der Waals surface area contributed by atoms with Crippen LogP contribution in [0.1, 0.15) is 19.3 Å². The SMILES string of the molecule is O=C(COc1ccc(Cl)c(F)c1)NC12CC(COC(=O)Nc3ccc(Cl)c(F)c3)(C1)C2. The van der Waals surface area contributed by atoms with E-state index in [1.54, 1.807) is 0 Å². The molecule has 0 saturated heterocycles. The molecule has 3 aliphatic rings. The number of halogens is 4. The summed E-state index contributed by atoms with van der Waals surface area (Å²) < 4.78 is 37.4. The number of hydrogen-bond acceptors (Lipinski definition) is 4. The minimum absolute atomic E-state index is 0.0211. The summed E-state index contributed by atoms with van der Waals surface area (Å²) in [6.07, 6.45) is 1.37. The summed E-state index contributed by atoms with van der Waals surface area (Å²) in [4.78, 5) is 24.1. The molecule has 10 heteroatoms. The van der Waals surface area contributed by atoms with Crippen LogP contribution in [0.4, 0.5) is 19.3 Å². The van der Waals surface area contributed by atoms with Gasteiger partial charge in [-0.05, 0) is 49.6 Å². The van der Waals surface area contributed by atoms with Crippen LogP contribution in [-0.4, -0.2) is 30.8 Å². The van der Waals surface area contributed by atoms with E-state index in [4.69, 9.17) is 32.7 Å². The summed E-state index contributed by atoms with van der Waals surface area (Å²) in [6, 6.07) is 7.87. The van der Waals surface area contributed by atoms with E-state index in [-0.39, 0.29) is 51.6 Å². The zero-order chi connectivity index (χ0) is 22.2. The molecule has 31 heavy (non-hydrogen) atoms. The predicted molar refractivity (Wildman–Crippen MR) is 110 cm³/mol. The fourth-order valence-corrected chi connectivity index (χ4v) is 4.51. The van der Waals surface area contributed by atoms with Crippen LogP contribution >= 0.6 is 23.2 Å². The van der Waals surface area contributed by atoms with Gasteiger partial charge in [0, 0.05) is 22.7 Å². The molecule has 3 aliphatic carbocycles. The van der Waals surface area contributed by atoms with Gasteiger partial charge in [-0.1, -0.05) is 23.2 Å². The first kappa shape index (κ1) is 21.6. The van der Waals surface area contributed by atoms with Gasteiger partial charge in [0.15, 0.2) is 6.61 Å². The zero-order valence-electron chi connectivity index (χ0n) is 16.1. The van der Waals surface area contributed by atoms with E-state index in [9.17, 15) is 18.4 Å². The topological polar surface area (TPSA) is 76.7 Å². The highest BCUT2D eigenvalue weighted by atomic mass is 35.5. The van der Waals surface area contributed by atoms with E-state index in [2.05, 4.69) is 10.6 Å². The average Bonchev–Trinajstić information content (AvgIpc) is 2.66. The maximum absolute atomic E-state index is 13.4. The lowest BCUT2D eigenvalue weighted by atomic mass is 9.39. The number of benzene rings is 2. The van der Waals surface area contributed by atoms with Crippen LogP contribution in [0.3, 0.4) is 0 Å². The monoisotopic (exact) mass is 470 g/mol. The van der Waals surface area contributed by atoms with Gasteiger partial charge in [-0.25, -0.2) is 13.6 Å². The van der Waals surface area contributed by atoms with Crippen molar-refractivity contribution < 1.29 is 27.8 Å². The van der Waals surface area contributed by atoms with E-state index in [0.717, 1.165) is 12.1 Å². The Labute approximate surface area is 186 Å². The summed E-state index contributed by atoms with van der Waals surface area (Å²) in [5.74, 6) is -1.36. The number of rotatable bonds is 7. The number of carbonyl (C=O) groups excluding carboxylic acids is 2. The van der Waals surface area contributed by atoms with Crippen LogP contribution < -0.4 is 15.4 Å². The Morgan fingerprint density at radius 3 is 2.29 bits per heavy atom. The Hall–Kier alpha value is -2.58. The molecule has 2 bridgehead atoms. The molecule has 2 aromatic carbocycles. The molecule has 3 fully saturated rings. The van der Waals surface area contributed by atoms with Crippen molar-refractivity contribution in [1.29, 1.82) is 0 Å². The highest BCUT2D eigenvalue weighted by Gasteiger charge is 2.69. The number of carbonyl (C=O) groups is 2. The van der Waals surface area contributed by atoms with Gasteiger partial charge < -0.3 is 14.8 Å². The van der Waals surface area contributed by atoms with Gasteiger partial charge in [0.05, 0.1) is 16.7 Å². The minimum Gasteiger partial charge on any atom is -0.484 e. The highest BCUT2D eigenvalue weighted by Crippen LogP contribution is 2.67. The van der Waals surface area contributed by atoms with Crippen molar-refractivity contribution in [3.05, 3.63) is 58.1 Å². The first-order valence-electron chi connectivity index (χ1n) is 9.45. The fraction of sp³-hybridized carbons (Fsp3) is 0.333. The van der Waals surface area contributed by atoms with Crippen LogP contribution in [-0.2, 0) is 9.53 Å². The molecule has 0 atom stereocenters. The second-order valence-electron chi connectivity index (χ2n) is 8.05. The van der Waals surface area contributed by atoms with E-state index < -0.39 is 17.7 Å². The Morgan fingerprint density at radius 1 is 1.00 bits per heavy atom. The largest absolute Gasteiger partial charge is 0.484 e. The number of ether oxygens (including phenoxy) is 2. The molecule has 2 N–H and O–H groups in total. The maximum atomic E-state index is 13.4. The number of hydrogen-bond donors (Lipinski definition) is 2. The van der Waals surface area contributed by atoms with E-state index in [1.807, 2.05) is 0 Å². The summed E-state index contributed by atoms with van der Waals surface area (Å²) in [5.41, 5.74) is -0.227. The fourth-order valence-electron chi connectivity index (χ4n) is 4.28. The average molecular weight is 471 g/mol. The normalized spacial score (nSPS) is 23.2. The zero-order valence-corrected chi connectivity index (χ0v) is 17.7. The highest BCUT2D eigenvalue weighted by molar-refractivity contribution is 6.31. The van der Waals surface area contributed by atoms with Gasteiger partial charge in [0.1, 0.15) is 17.4 Å². The summed E-state index contributed by atoms with van der Waals surface area (Å²) in [5, 5.41) is 5.32. The molecule has 0 radical (unpaired) electrons. The number of amides is 2. The minimum atomic E-state index is -0.687. The maximum Gasteiger partial charge on any atom is 0.411 e. The molecule has 164 valence electrons. The van der Waals surface area contributed by atoms with Crippen LogP contribution in [0.15, 0.2) is 36.4 Å². The Bertz CT molecular complexity index is 1030. The van der Waals surface area contributed by atoms with E-state index in [1.165, 1.54) is 24.3 Å². The van der Waals surface area contributed by atoms with Gasteiger partial charge in [-0.3, -0.25) is 10.1 Å². The van der Waals surface area contributed by atoms with Crippen LogP contribution in [0.25, 0.3) is 0 Å². The molecular weight excluding hydrogens is 453 g/mol. The van der Waals surface area contributed by atoms with Crippen molar-refractivity contribution in [3.63, 3.8) is 0 Å². The Morgan fingerprint density at radius 2 is 1.65 bits per heavy atom. The van der Waals surface area contributed by atoms with Gasteiger partial charge in [0.25, 0.3) is 5.91 Å². The first-order valence-corrected chi connectivity index (χ1v) is 10.2. The lowest BCUT2D eigenvalue weighted by Gasteiger charge is -2.70. The third-order valence-corrected chi connectivity index (χ3v) is 6.09. The molecule has 0 aliphatic heterocycles. The first-order chi connectivity index (χ1) is 14.7. The molecule has 0 unspecified atom stereocenters. The molecular formula is C21H18Cl2F2N2O4. The second kappa shape index (κ2) is 8.16. The van der Waals surface area contributed by atoms with E-state index >= 15 is 0 Å². The third-order valence-electron chi connectivity index (χ3n) is 5.48. The molecule has 0 spiro atoms. The Kier molecular flexibility index (Phi) is 5.70. The summed E-state index contributed by atoms with van der Waals surface area (Å²) >= 11 is 11.2. The van der Waals surface area contributed by atoms with Gasteiger partial charge in [0.2, 0.25) is 0 Å². The molecule has 0 aromatic heterocycles. The van der Waals surface area contributed by atoms with Gasteiger partial charge >= 0.3 is 6.09 Å². The molecule has 3 saturated carbocycles. The van der Waals surface area contributed by atoms with E-state index in [0.29, 0.717) is 19.3 Å².